The molecular weight excluding hydrogens is 298 g/mol. The van der Waals surface area contributed by atoms with Crippen molar-refractivity contribution in [1.82, 2.24) is 9.78 Å². The summed E-state index contributed by atoms with van der Waals surface area (Å²) in [5.41, 5.74) is 2.67. The van der Waals surface area contributed by atoms with Gasteiger partial charge in [-0.3, -0.25) is 0 Å². The smallest absolute Gasteiger partial charge is 0.137 e. The summed E-state index contributed by atoms with van der Waals surface area (Å²) in [6, 6.07) is 6.15. The largest absolute Gasteiger partial charge is 0.222 e. The van der Waals surface area contributed by atoms with Crippen LogP contribution >= 0.6 is 23.2 Å². The SMILES string of the molecule is Fc1ccc(-n2nc(C3CCCC3)c(CCl)c2Cl)cc1. The molecule has 106 valence electrons. The Bertz CT molecular complexity index is 601. The second-order valence-electron chi connectivity index (χ2n) is 5.16. The van der Waals surface area contributed by atoms with E-state index < -0.39 is 0 Å². The van der Waals surface area contributed by atoms with Gasteiger partial charge in [0.25, 0.3) is 0 Å². The van der Waals surface area contributed by atoms with Crippen molar-refractivity contribution >= 4 is 23.2 Å². The van der Waals surface area contributed by atoms with Crippen molar-refractivity contribution < 1.29 is 4.39 Å². The molecule has 20 heavy (non-hydrogen) atoms. The lowest BCUT2D eigenvalue weighted by Crippen LogP contribution is -2.00. The maximum Gasteiger partial charge on any atom is 0.137 e. The van der Waals surface area contributed by atoms with E-state index in [9.17, 15) is 4.39 Å². The van der Waals surface area contributed by atoms with Gasteiger partial charge in [-0.25, -0.2) is 9.07 Å². The fourth-order valence-electron chi connectivity index (χ4n) is 2.85. The standard InChI is InChI=1S/C15H15Cl2FN2/c16-9-13-14(10-3-1-2-4-10)19-20(15(13)17)12-7-5-11(18)6-8-12/h5-8,10H,1-4,9H2. The average Bonchev–Trinajstić information content (AvgIpc) is 3.07. The van der Waals surface area contributed by atoms with Gasteiger partial charge in [0.05, 0.1) is 17.3 Å². The Morgan fingerprint density at radius 2 is 1.85 bits per heavy atom. The first kappa shape index (κ1) is 13.9. The van der Waals surface area contributed by atoms with Gasteiger partial charge in [0.2, 0.25) is 0 Å². The van der Waals surface area contributed by atoms with Crippen LogP contribution < -0.4 is 0 Å². The van der Waals surface area contributed by atoms with E-state index in [1.165, 1.54) is 25.0 Å². The third-order valence-corrected chi connectivity index (χ3v) is 4.55. The van der Waals surface area contributed by atoms with E-state index in [1.54, 1.807) is 16.8 Å². The lowest BCUT2D eigenvalue weighted by Gasteiger charge is -2.06. The van der Waals surface area contributed by atoms with Crippen molar-refractivity contribution in [2.75, 3.05) is 0 Å². The minimum absolute atomic E-state index is 0.273. The summed E-state index contributed by atoms with van der Waals surface area (Å²) >= 11 is 12.4. The monoisotopic (exact) mass is 312 g/mol. The highest BCUT2D eigenvalue weighted by molar-refractivity contribution is 6.31. The van der Waals surface area contributed by atoms with Crippen LogP contribution in [0.15, 0.2) is 24.3 Å². The maximum atomic E-state index is 13.0. The minimum Gasteiger partial charge on any atom is -0.222 e. The molecule has 3 rings (SSSR count). The second kappa shape index (κ2) is 5.74. The van der Waals surface area contributed by atoms with E-state index in [1.807, 2.05) is 0 Å². The third kappa shape index (κ3) is 2.45. The Labute approximate surface area is 127 Å². The van der Waals surface area contributed by atoms with E-state index in [0.717, 1.165) is 29.8 Å². The first-order valence-electron chi connectivity index (χ1n) is 6.80. The van der Waals surface area contributed by atoms with Crippen LogP contribution in [0.4, 0.5) is 4.39 Å². The number of halogens is 3. The summed E-state index contributed by atoms with van der Waals surface area (Å²) in [5, 5.41) is 5.18. The zero-order valence-electron chi connectivity index (χ0n) is 11.0. The molecule has 1 saturated carbocycles. The molecular formula is C15H15Cl2FN2. The summed E-state index contributed by atoms with van der Waals surface area (Å²) in [7, 11) is 0. The van der Waals surface area contributed by atoms with Crippen LogP contribution in [0, 0.1) is 5.82 Å². The molecule has 0 spiro atoms. The van der Waals surface area contributed by atoms with Crippen molar-refractivity contribution in [3.8, 4) is 5.69 Å². The van der Waals surface area contributed by atoms with E-state index in [2.05, 4.69) is 5.10 Å². The molecule has 0 unspecified atom stereocenters. The van der Waals surface area contributed by atoms with Gasteiger partial charge < -0.3 is 0 Å². The van der Waals surface area contributed by atoms with Crippen molar-refractivity contribution in [3.05, 3.63) is 46.5 Å². The Kier molecular flexibility index (Phi) is 3.99. The number of aromatic nitrogens is 2. The molecule has 0 radical (unpaired) electrons. The lowest BCUT2D eigenvalue weighted by atomic mass is 10.0. The average molecular weight is 313 g/mol. The molecule has 0 aliphatic heterocycles. The van der Waals surface area contributed by atoms with Gasteiger partial charge in [0.15, 0.2) is 0 Å². The van der Waals surface area contributed by atoms with Crippen LogP contribution in [0.2, 0.25) is 5.15 Å². The Morgan fingerprint density at radius 1 is 1.20 bits per heavy atom. The zero-order valence-corrected chi connectivity index (χ0v) is 12.5. The molecule has 1 aliphatic carbocycles. The van der Waals surface area contributed by atoms with Gasteiger partial charge in [-0.1, -0.05) is 24.4 Å². The first-order chi connectivity index (χ1) is 9.70. The highest BCUT2D eigenvalue weighted by Gasteiger charge is 2.26. The van der Waals surface area contributed by atoms with Crippen LogP contribution in [0.25, 0.3) is 5.69 Å². The van der Waals surface area contributed by atoms with Crippen molar-refractivity contribution in [2.45, 2.75) is 37.5 Å². The minimum atomic E-state index is -0.273. The normalized spacial score (nSPS) is 15.9. The highest BCUT2D eigenvalue weighted by atomic mass is 35.5. The molecule has 2 aromatic rings. The number of rotatable bonds is 3. The predicted octanol–water partition coefficient (Wildman–Crippen LogP) is 5.06. The van der Waals surface area contributed by atoms with E-state index in [-0.39, 0.29) is 5.82 Å². The molecule has 5 heteroatoms. The summed E-state index contributed by atoms with van der Waals surface area (Å²) < 4.78 is 14.7. The van der Waals surface area contributed by atoms with Gasteiger partial charge in [0, 0.05) is 11.5 Å². The molecule has 1 aliphatic rings. The molecule has 0 saturated heterocycles. The fraction of sp³-hybridized carbons (Fsp3) is 0.400. The summed E-state index contributed by atoms with van der Waals surface area (Å²) in [4.78, 5) is 0. The molecule has 0 bridgehead atoms. The molecule has 0 N–H and O–H groups in total. The maximum absolute atomic E-state index is 13.0. The van der Waals surface area contributed by atoms with Crippen LogP contribution in [0.3, 0.4) is 0 Å². The topological polar surface area (TPSA) is 17.8 Å². The Hall–Kier alpha value is -1.06. The molecule has 1 aromatic heterocycles. The molecule has 1 fully saturated rings. The molecule has 0 amide bonds. The predicted molar refractivity (Wildman–Crippen MR) is 79.3 cm³/mol. The third-order valence-electron chi connectivity index (χ3n) is 3.90. The Balaban J connectivity index is 2.05. The van der Waals surface area contributed by atoms with Crippen molar-refractivity contribution in [1.29, 1.82) is 0 Å². The summed E-state index contributed by atoms with van der Waals surface area (Å²) in [6.45, 7) is 0. The van der Waals surface area contributed by atoms with Gasteiger partial charge in [-0.15, -0.1) is 11.6 Å². The molecule has 2 nitrogen and oxygen atoms in total. The number of hydrogen-bond acceptors (Lipinski definition) is 1. The number of hydrogen-bond donors (Lipinski definition) is 0. The first-order valence-corrected chi connectivity index (χ1v) is 7.71. The number of alkyl halides is 1. The van der Waals surface area contributed by atoms with Crippen LogP contribution in [-0.4, -0.2) is 9.78 Å². The van der Waals surface area contributed by atoms with Crippen LogP contribution in [0.5, 0.6) is 0 Å². The van der Waals surface area contributed by atoms with Gasteiger partial charge in [-0.05, 0) is 37.1 Å². The molecule has 1 aromatic carbocycles. The van der Waals surface area contributed by atoms with Gasteiger partial charge in [0.1, 0.15) is 11.0 Å². The lowest BCUT2D eigenvalue weighted by molar-refractivity contribution is 0.626. The highest BCUT2D eigenvalue weighted by Crippen LogP contribution is 2.38. The number of benzene rings is 1. The quantitative estimate of drug-likeness (QED) is 0.724. The second-order valence-corrected chi connectivity index (χ2v) is 5.78. The van der Waals surface area contributed by atoms with Gasteiger partial charge >= 0.3 is 0 Å². The van der Waals surface area contributed by atoms with Crippen molar-refractivity contribution in [2.24, 2.45) is 0 Å². The van der Waals surface area contributed by atoms with E-state index in [4.69, 9.17) is 23.2 Å². The van der Waals surface area contributed by atoms with Crippen LogP contribution in [-0.2, 0) is 5.88 Å². The van der Waals surface area contributed by atoms with Crippen LogP contribution in [0.1, 0.15) is 42.9 Å². The number of nitrogens with zero attached hydrogens (tertiary/aromatic N) is 2. The van der Waals surface area contributed by atoms with E-state index >= 15 is 0 Å². The van der Waals surface area contributed by atoms with Crippen molar-refractivity contribution in [3.63, 3.8) is 0 Å². The van der Waals surface area contributed by atoms with Gasteiger partial charge in [-0.2, -0.15) is 5.10 Å². The zero-order chi connectivity index (χ0) is 14.1. The van der Waals surface area contributed by atoms with E-state index in [0.29, 0.717) is 17.0 Å². The fourth-order valence-corrected chi connectivity index (χ4v) is 3.48. The summed E-state index contributed by atoms with van der Waals surface area (Å²) in [5.74, 6) is 0.528. The summed E-state index contributed by atoms with van der Waals surface area (Å²) in [6.07, 6.45) is 4.74. The molecule has 1 heterocycles. The Morgan fingerprint density at radius 3 is 2.45 bits per heavy atom. The molecule has 0 atom stereocenters.